The average Bonchev–Trinajstić information content (AvgIpc) is 2.21. The summed E-state index contributed by atoms with van der Waals surface area (Å²) in [6, 6.07) is 0. The summed E-state index contributed by atoms with van der Waals surface area (Å²) in [6.07, 6.45) is -26.1. The largest absolute Gasteiger partial charge is 0.527 e. The second-order valence-corrected chi connectivity index (χ2v) is 3.37. The molecule has 0 aromatic heterocycles. The van der Waals surface area contributed by atoms with Crippen molar-refractivity contribution in [2.45, 2.75) is 30.2 Å². The van der Waals surface area contributed by atoms with Crippen molar-refractivity contribution in [3.63, 3.8) is 0 Å². The minimum atomic E-state index is -7.71. The molecule has 0 bridgehead atoms. The first-order valence-electron chi connectivity index (χ1n) is 4.30. The quantitative estimate of drug-likeness (QED) is 0.630. The van der Waals surface area contributed by atoms with E-state index in [1.165, 1.54) is 4.74 Å². The zero-order chi connectivity index (χ0) is 18.4. The molecule has 0 aliphatic heterocycles. The van der Waals surface area contributed by atoms with E-state index in [0.29, 0.717) is 0 Å². The van der Waals surface area contributed by atoms with Crippen molar-refractivity contribution in [2.24, 2.45) is 0 Å². The summed E-state index contributed by atoms with van der Waals surface area (Å²) < 4.78 is 171. The summed E-state index contributed by atoms with van der Waals surface area (Å²) in [5, 5.41) is 0. The summed E-state index contributed by atoms with van der Waals surface area (Å²) in [7, 11) is 0. The summed E-state index contributed by atoms with van der Waals surface area (Å²) in [4.78, 5) is 0. The van der Waals surface area contributed by atoms with Gasteiger partial charge >= 0.3 is 36.3 Å². The average molecular weight is 366 g/mol. The lowest BCUT2D eigenvalue weighted by Crippen LogP contribution is -2.65. The van der Waals surface area contributed by atoms with Crippen molar-refractivity contribution in [2.75, 3.05) is 0 Å². The van der Waals surface area contributed by atoms with Gasteiger partial charge in [-0.15, -0.1) is 13.2 Å². The van der Waals surface area contributed by atoms with Gasteiger partial charge in [-0.1, -0.05) is 0 Å². The van der Waals surface area contributed by atoms with E-state index in [1.807, 2.05) is 0 Å². The molecule has 0 spiro atoms. The number of hydrogen-bond acceptors (Lipinski definition) is 1. The molecule has 0 heterocycles. The Morgan fingerprint density at radius 3 is 1.23 bits per heavy atom. The highest BCUT2D eigenvalue weighted by atomic mass is 19.4. The molecule has 0 saturated carbocycles. The van der Waals surface area contributed by atoms with Gasteiger partial charge in [0.15, 0.2) is 0 Å². The van der Waals surface area contributed by atoms with Crippen LogP contribution in [0.25, 0.3) is 0 Å². The summed E-state index contributed by atoms with van der Waals surface area (Å²) >= 11 is 0. The van der Waals surface area contributed by atoms with E-state index < -0.39 is 42.1 Å². The lowest BCUT2D eigenvalue weighted by Gasteiger charge is -2.37. The minimum Gasteiger partial charge on any atom is -0.223 e. The number of hydrogen-bond donors (Lipinski definition) is 0. The summed E-state index contributed by atoms with van der Waals surface area (Å²) in [5.41, 5.74) is -7.51. The fourth-order valence-corrected chi connectivity index (χ4v) is 0.990. The minimum absolute atomic E-state index is 1.35. The van der Waals surface area contributed by atoms with Crippen LogP contribution < -0.4 is 0 Å². The molecule has 132 valence electrons. The van der Waals surface area contributed by atoms with Crippen LogP contribution in [0.5, 0.6) is 0 Å². The van der Waals surface area contributed by atoms with Gasteiger partial charge in [-0.3, -0.25) is 0 Å². The van der Waals surface area contributed by atoms with Gasteiger partial charge in [-0.2, -0.15) is 39.5 Å². The predicted molar refractivity (Wildman–Crippen MR) is 37.3 cm³/mol. The molecule has 22 heavy (non-hydrogen) atoms. The molecular weight excluding hydrogens is 366 g/mol. The lowest BCUT2D eigenvalue weighted by molar-refractivity contribution is -0.476. The van der Waals surface area contributed by atoms with E-state index >= 15 is 0 Å². The number of alkyl halides is 11. The molecule has 0 aromatic carbocycles. The molecule has 0 N–H and O–H groups in total. The van der Waals surface area contributed by atoms with Gasteiger partial charge < -0.3 is 0 Å². The van der Waals surface area contributed by atoms with Gasteiger partial charge in [0.05, 0.1) is 0 Å². The Morgan fingerprint density at radius 2 is 1.00 bits per heavy atom. The van der Waals surface area contributed by atoms with E-state index in [-0.39, 0.29) is 0 Å². The number of halogens is 14. The first-order chi connectivity index (χ1) is 9.31. The van der Waals surface area contributed by atoms with Crippen LogP contribution in [0.2, 0.25) is 0 Å². The van der Waals surface area contributed by atoms with Crippen LogP contribution in [0.4, 0.5) is 61.5 Å². The van der Waals surface area contributed by atoms with E-state index in [1.54, 1.807) is 0 Å². The zero-order valence-electron chi connectivity index (χ0n) is 9.20. The first-order valence-corrected chi connectivity index (χ1v) is 4.30. The SMILES string of the molecule is FC(F)=C(F)C(F)(C(F)(F)OC(F)(F)F)C(F)(F)C(F)(F)F. The Balaban J connectivity index is 6.48. The standard InChI is InChI=1S/C7F14O/c8-1(2(9)10)3(11,4(12,13)5(14,15)16)6(17,18)22-7(19,20)21. The van der Waals surface area contributed by atoms with Crippen LogP contribution in [0.1, 0.15) is 0 Å². The third-order valence-corrected chi connectivity index (χ3v) is 1.90. The van der Waals surface area contributed by atoms with Gasteiger partial charge in [-0.05, 0) is 0 Å². The molecule has 0 aliphatic carbocycles. The Morgan fingerprint density at radius 1 is 0.636 bits per heavy atom. The smallest absolute Gasteiger partial charge is 0.223 e. The molecule has 1 unspecified atom stereocenters. The van der Waals surface area contributed by atoms with Gasteiger partial charge in [0.1, 0.15) is 0 Å². The van der Waals surface area contributed by atoms with Gasteiger partial charge in [0.2, 0.25) is 5.83 Å². The third kappa shape index (κ3) is 3.38. The Hall–Kier alpha value is -1.28. The maximum absolute atomic E-state index is 13.3. The van der Waals surface area contributed by atoms with E-state index in [9.17, 15) is 61.5 Å². The molecule has 0 aliphatic rings. The number of rotatable bonds is 4. The highest BCUT2D eigenvalue weighted by Gasteiger charge is 2.85. The van der Waals surface area contributed by atoms with E-state index in [0.717, 1.165) is 0 Å². The summed E-state index contributed by atoms with van der Waals surface area (Å²) in [6.45, 7) is 0. The normalized spacial score (nSPS) is 17.2. The maximum Gasteiger partial charge on any atom is 0.527 e. The van der Waals surface area contributed by atoms with Crippen LogP contribution in [-0.4, -0.2) is 30.2 Å². The lowest BCUT2D eigenvalue weighted by atomic mass is 9.94. The van der Waals surface area contributed by atoms with Crippen LogP contribution in [0, 0.1) is 0 Å². The third-order valence-electron chi connectivity index (χ3n) is 1.90. The van der Waals surface area contributed by atoms with Crippen LogP contribution >= 0.6 is 0 Å². The van der Waals surface area contributed by atoms with Gasteiger partial charge in [0, 0.05) is 0 Å². The van der Waals surface area contributed by atoms with Crippen LogP contribution in [0.3, 0.4) is 0 Å². The maximum atomic E-state index is 13.3. The summed E-state index contributed by atoms with van der Waals surface area (Å²) in [5.74, 6) is -12.5. The van der Waals surface area contributed by atoms with E-state index in [2.05, 4.69) is 0 Å². The topological polar surface area (TPSA) is 9.23 Å². The molecule has 15 heteroatoms. The predicted octanol–water partition coefficient (Wildman–Crippen LogP) is 5.10. The van der Waals surface area contributed by atoms with Crippen molar-refractivity contribution in [1.29, 1.82) is 0 Å². The monoisotopic (exact) mass is 366 g/mol. The highest BCUT2D eigenvalue weighted by Crippen LogP contribution is 2.57. The number of ether oxygens (including phenoxy) is 1. The second-order valence-electron chi connectivity index (χ2n) is 3.37. The molecule has 0 saturated heterocycles. The van der Waals surface area contributed by atoms with Crippen molar-refractivity contribution in [1.82, 2.24) is 0 Å². The molecule has 1 atom stereocenters. The van der Waals surface area contributed by atoms with Crippen molar-refractivity contribution < 1.29 is 66.2 Å². The molecular formula is C7F14O. The molecule has 0 rings (SSSR count). The molecule has 0 fully saturated rings. The molecule has 0 amide bonds. The Bertz CT molecular complexity index is 439. The first kappa shape index (κ1) is 20.7. The fourth-order valence-electron chi connectivity index (χ4n) is 0.990. The van der Waals surface area contributed by atoms with Crippen molar-refractivity contribution in [3.8, 4) is 0 Å². The van der Waals surface area contributed by atoms with Crippen LogP contribution in [0.15, 0.2) is 11.9 Å². The van der Waals surface area contributed by atoms with Gasteiger partial charge in [0.25, 0.3) is 0 Å². The molecule has 0 aromatic rings. The van der Waals surface area contributed by atoms with Gasteiger partial charge in [-0.25, -0.2) is 13.5 Å². The fraction of sp³-hybridized carbons (Fsp3) is 0.714. The van der Waals surface area contributed by atoms with Crippen LogP contribution in [-0.2, 0) is 4.74 Å². The van der Waals surface area contributed by atoms with E-state index in [4.69, 9.17) is 0 Å². The Kier molecular flexibility index (Phi) is 5.10. The second kappa shape index (κ2) is 5.42. The Labute approximate surface area is 110 Å². The van der Waals surface area contributed by atoms with Crippen molar-refractivity contribution in [3.05, 3.63) is 11.9 Å². The highest BCUT2D eigenvalue weighted by molar-refractivity contribution is 5.22. The van der Waals surface area contributed by atoms with Crippen molar-refractivity contribution >= 4 is 0 Å². The zero-order valence-corrected chi connectivity index (χ0v) is 9.20. The molecule has 0 radical (unpaired) electrons. The molecule has 1 nitrogen and oxygen atoms in total.